The summed E-state index contributed by atoms with van der Waals surface area (Å²) in [5, 5.41) is 0. The number of benzene rings is 1. The average Bonchev–Trinajstić information content (AvgIpc) is 3.00. The van der Waals surface area contributed by atoms with Gasteiger partial charge in [-0.05, 0) is 24.8 Å². The molecule has 3 atom stereocenters. The van der Waals surface area contributed by atoms with E-state index in [9.17, 15) is 4.79 Å². The first-order chi connectivity index (χ1) is 14.3. The zero-order valence-corrected chi connectivity index (χ0v) is 17.8. The maximum absolute atomic E-state index is 13.4. The van der Waals surface area contributed by atoms with E-state index in [-0.39, 0.29) is 22.5 Å². The molecule has 30 heavy (non-hydrogen) atoms. The summed E-state index contributed by atoms with van der Waals surface area (Å²) in [6.07, 6.45) is 15.7. The van der Waals surface area contributed by atoms with Crippen LogP contribution in [0.2, 0.25) is 0 Å². The van der Waals surface area contributed by atoms with Crippen molar-refractivity contribution in [3.8, 4) is 0 Å². The first-order valence-corrected chi connectivity index (χ1v) is 9.63. The molecule has 6 heteroatoms. The number of allylic oxidation sites excluding steroid dienone is 2. The Bertz CT molecular complexity index is 754. The van der Waals surface area contributed by atoms with Crippen molar-refractivity contribution in [1.82, 2.24) is 4.90 Å². The van der Waals surface area contributed by atoms with Crippen molar-refractivity contribution in [3.63, 3.8) is 0 Å². The Balaban J connectivity index is 0.00000111. The largest absolute Gasteiger partial charge is 0 e. The molecule has 1 aliphatic carbocycles. The van der Waals surface area contributed by atoms with Crippen molar-refractivity contribution in [2.75, 3.05) is 6.54 Å². The van der Waals surface area contributed by atoms with Crippen LogP contribution in [-0.2, 0) is 42.2 Å². The summed E-state index contributed by atoms with van der Waals surface area (Å²) >= 11 is 0. The van der Waals surface area contributed by atoms with Crippen molar-refractivity contribution < 1.29 is 35.8 Å². The third-order valence-electron chi connectivity index (χ3n) is 5.88. The second-order valence-corrected chi connectivity index (χ2v) is 7.24. The van der Waals surface area contributed by atoms with E-state index in [4.69, 9.17) is 14.0 Å². The molecule has 1 aromatic rings. The van der Waals surface area contributed by atoms with Gasteiger partial charge >= 0.3 is 33.9 Å². The number of hydrogen-bond acceptors (Lipinski definition) is 1. The number of carbonyl (C=O) groups excluding carboxylic acids is 1. The quantitative estimate of drug-likeness (QED) is 0.383. The Labute approximate surface area is 189 Å². The first-order valence-electron chi connectivity index (χ1n) is 9.63. The maximum atomic E-state index is 13.4. The third-order valence-corrected chi connectivity index (χ3v) is 5.88. The maximum Gasteiger partial charge on any atom is 0 e. The van der Waals surface area contributed by atoms with Gasteiger partial charge in [-0.1, -0.05) is 73.9 Å². The Kier molecular flexibility index (Phi) is 13.8. The van der Waals surface area contributed by atoms with Crippen LogP contribution >= 0.6 is 0 Å². The third kappa shape index (κ3) is 5.97. The van der Waals surface area contributed by atoms with Crippen LogP contribution in [0.15, 0.2) is 54.6 Å². The van der Waals surface area contributed by atoms with Crippen molar-refractivity contribution in [1.29, 1.82) is 0 Å². The molecule has 2 saturated heterocycles. The molecule has 5 nitrogen and oxygen atoms in total. The van der Waals surface area contributed by atoms with E-state index in [1.54, 1.807) is 0 Å². The summed E-state index contributed by atoms with van der Waals surface area (Å²) in [5.74, 6) is 0.692. The molecule has 4 rings (SSSR count). The molecule has 0 aromatic heterocycles. The summed E-state index contributed by atoms with van der Waals surface area (Å²) < 4.78 is 22.5. The zero-order chi connectivity index (χ0) is 21.7. The fraction of sp³-hybridized carbons (Fsp3) is 0.417. The number of nitrogens with zero attached hydrogens (tertiary/aromatic N) is 1. The van der Waals surface area contributed by atoms with Gasteiger partial charge in [0, 0.05) is 35.6 Å². The summed E-state index contributed by atoms with van der Waals surface area (Å²) in [6, 6.07) is 10.9. The predicted molar refractivity (Wildman–Crippen MR) is 105 cm³/mol. The minimum atomic E-state index is -0.356. The molecule has 0 bridgehead atoms. The molecule has 1 aromatic carbocycles. The van der Waals surface area contributed by atoms with E-state index in [1.165, 1.54) is 24.8 Å². The first kappa shape index (κ1) is 27.9. The van der Waals surface area contributed by atoms with Crippen LogP contribution in [0.5, 0.6) is 0 Å². The van der Waals surface area contributed by atoms with Crippen LogP contribution in [0.25, 0.3) is 0 Å². The summed E-state index contributed by atoms with van der Waals surface area (Å²) in [7, 11) is 0. The van der Waals surface area contributed by atoms with Crippen molar-refractivity contribution in [2.45, 2.75) is 44.6 Å². The van der Waals surface area contributed by atoms with Crippen LogP contribution in [0, 0.1) is 31.3 Å². The van der Waals surface area contributed by atoms with Crippen LogP contribution in [0.1, 0.15) is 37.7 Å². The number of hydrogen-bond donors (Lipinski definition) is 0. The number of carbonyl (C=O) groups is 1. The molecule has 0 spiro atoms. The van der Waals surface area contributed by atoms with E-state index < -0.39 is 0 Å². The number of amides is 1. The fourth-order valence-electron chi connectivity index (χ4n) is 4.77. The van der Waals surface area contributed by atoms with Gasteiger partial charge in [-0.3, -0.25) is 4.79 Å². The van der Waals surface area contributed by atoms with Crippen LogP contribution in [-0.4, -0.2) is 23.4 Å². The van der Waals surface area contributed by atoms with Crippen molar-refractivity contribution in [3.05, 3.63) is 80.2 Å². The average molecular weight is 447 g/mol. The SMILES string of the molecule is O=C1N2CCCCCC[C@@H]2[C@@H]2C=CC=C[C@]12Cc1ccccc1.[C-]#[O+].[C-]#[O+].[C-]#[O+].[Fe]. The minimum absolute atomic E-state index is 0. The van der Waals surface area contributed by atoms with Crippen LogP contribution in [0.3, 0.4) is 0 Å². The molecule has 0 N–H and O–H groups in total. The molecule has 1 amide bonds. The van der Waals surface area contributed by atoms with Crippen molar-refractivity contribution >= 4 is 5.91 Å². The minimum Gasteiger partial charge on any atom is 0 e. The van der Waals surface area contributed by atoms with Crippen LogP contribution < -0.4 is 0 Å². The number of rotatable bonds is 2. The Morgan fingerprint density at radius 3 is 2.23 bits per heavy atom. The van der Waals surface area contributed by atoms with Gasteiger partial charge in [-0.15, -0.1) is 0 Å². The van der Waals surface area contributed by atoms with Gasteiger partial charge in [0.05, 0.1) is 5.41 Å². The summed E-state index contributed by atoms with van der Waals surface area (Å²) in [6.45, 7) is 14.4. The Morgan fingerprint density at radius 2 is 1.57 bits per heavy atom. The van der Waals surface area contributed by atoms with Gasteiger partial charge in [0.2, 0.25) is 5.91 Å². The van der Waals surface area contributed by atoms with Gasteiger partial charge in [0.15, 0.2) is 0 Å². The summed E-state index contributed by atoms with van der Waals surface area (Å²) in [5.41, 5.74) is 0.909. The predicted octanol–water partition coefficient (Wildman–Crippen LogP) is 4.02. The van der Waals surface area contributed by atoms with E-state index in [1.807, 2.05) is 6.07 Å². The topological polar surface area (TPSA) is 80.0 Å². The molecule has 2 aliphatic heterocycles. The molecular weight excluding hydrogens is 422 g/mol. The molecule has 0 radical (unpaired) electrons. The van der Waals surface area contributed by atoms with E-state index in [2.05, 4.69) is 73.4 Å². The van der Waals surface area contributed by atoms with E-state index >= 15 is 0 Å². The van der Waals surface area contributed by atoms with E-state index in [0.717, 1.165) is 25.8 Å². The van der Waals surface area contributed by atoms with Crippen molar-refractivity contribution in [2.24, 2.45) is 11.3 Å². The van der Waals surface area contributed by atoms with Gasteiger partial charge in [-0.25, -0.2) is 0 Å². The summed E-state index contributed by atoms with van der Waals surface area (Å²) in [4.78, 5) is 15.6. The molecule has 158 valence electrons. The smallest absolute Gasteiger partial charge is 0 e. The second kappa shape index (κ2) is 14.8. The van der Waals surface area contributed by atoms with Gasteiger partial charge in [0.25, 0.3) is 0 Å². The van der Waals surface area contributed by atoms with Gasteiger partial charge < -0.3 is 4.90 Å². The fourth-order valence-corrected chi connectivity index (χ4v) is 4.77. The van der Waals surface area contributed by atoms with E-state index in [0.29, 0.717) is 17.9 Å². The second-order valence-electron chi connectivity index (χ2n) is 7.24. The molecule has 0 unspecified atom stereocenters. The normalized spacial score (nSPS) is 25.5. The molecule has 2 fully saturated rings. The van der Waals surface area contributed by atoms with Gasteiger partial charge in [-0.2, -0.15) is 0 Å². The Morgan fingerprint density at radius 1 is 0.933 bits per heavy atom. The monoisotopic (exact) mass is 447 g/mol. The molecule has 0 saturated carbocycles. The zero-order valence-electron chi connectivity index (χ0n) is 16.7. The number of fused-ring (bicyclic) bond motifs is 3. The van der Waals surface area contributed by atoms with Crippen LogP contribution in [0.4, 0.5) is 0 Å². The standard InChI is InChI=1S/C21H25NO.3CO.Fe/c23-20-21(16-17-10-4-3-5-11-17)14-8-7-12-18(21)19-13-6-1-2-9-15-22(19)20;3*1-2;/h3-5,7-8,10-12,14,18-19H,1-2,6,9,13,15-16H2;;;;/t18-,19+,21+;;;;/m0..../s1. The molecule has 2 heterocycles. The molecular formula is C24H25FeNO4. The molecule has 3 aliphatic rings. The Hall–Kier alpha value is -2.09. The van der Waals surface area contributed by atoms with Gasteiger partial charge in [0.1, 0.15) is 0 Å².